The lowest BCUT2D eigenvalue weighted by Gasteiger charge is -2.32. The van der Waals surface area contributed by atoms with Crippen molar-refractivity contribution in [2.24, 2.45) is 5.92 Å². The number of benzene rings is 1. The minimum Gasteiger partial charge on any atom is -0.349 e. The molecule has 0 aromatic heterocycles. The van der Waals surface area contributed by atoms with Crippen LogP contribution in [0, 0.1) is 16.0 Å². The molecule has 1 aliphatic heterocycles. The third-order valence-corrected chi connectivity index (χ3v) is 3.90. The molecular formula is C15H20N4O4. The Morgan fingerprint density at radius 2 is 1.78 bits per heavy atom. The topological polar surface area (TPSA) is 95.8 Å². The highest BCUT2D eigenvalue weighted by atomic mass is 16.6. The largest absolute Gasteiger partial charge is 0.349 e. The molecule has 2 rings (SSSR count). The van der Waals surface area contributed by atoms with Gasteiger partial charge in [-0.25, -0.2) is 4.79 Å². The average Bonchev–Trinajstić information content (AvgIpc) is 2.54. The molecular weight excluding hydrogens is 300 g/mol. The quantitative estimate of drug-likeness (QED) is 0.680. The minimum absolute atomic E-state index is 0.0222. The van der Waals surface area contributed by atoms with Gasteiger partial charge in [-0.3, -0.25) is 14.9 Å². The highest BCUT2D eigenvalue weighted by Crippen LogP contribution is 2.20. The van der Waals surface area contributed by atoms with Gasteiger partial charge in [0, 0.05) is 50.9 Å². The molecule has 1 aromatic carbocycles. The lowest BCUT2D eigenvalue weighted by Crippen LogP contribution is -2.44. The first-order chi connectivity index (χ1) is 10.9. The molecule has 124 valence electrons. The van der Waals surface area contributed by atoms with E-state index in [0.717, 1.165) is 0 Å². The van der Waals surface area contributed by atoms with E-state index in [2.05, 4.69) is 5.32 Å². The Labute approximate surface area is 134 Å². The number of rotatable bonds is 3. The smallest absolute Gasteiger partial charge is 0.321 e. The Kier molecular flexibility index (Phi) is 5.15. The number of piperidine rings is 1. The van der Waals surface area contributed by atoms with Crippen LogP contribution < -0.4 is 5.32 Å². The molecule has 1 heterocycles. The van der Waals surface area contributed by atoms with Crippen molar-refractivity contribution in [2.45, 2.75) is 12.8 Å². The average molecular weight is 320 g/mol. The number of urea groups is 1. The fourth-order valence-corrected chi connectivity index (χ4v) is 2.56. The number of nitro benzene ring substituents is 1. The van der Waals surface area contributed by atoms with E-state index in [9.17, 15) is 19.7 Å². The summed E-state index contributed by atoms with van der Waals surface area (Å²) in [7, 11) is 3.46. The Balaban J connectivity index is 1.88. The van der Waals surface area contributed by atoms with E-state index in [4.69, 9.17) is 0 Å². The molecule has 0 unspecified atom stereocenters. The number of likely N-dealkylation sites (tertiary alicyclic amines) is 1. The maximum atomic E-state index is 12.2. The Bertz CT molecular complexity index is 592. The van der Waals surface area contributed by atoms with Gasteiger partial charge in [-0.1, -0.05) is 0 Å². The first-order valence-corrected chi connectivity index (χ1v) is 7.40. The molecule has 1 saturated heterocycles. The van der Waals surface area contributed by atoms with Crippen LogP contribution in [0.5, 0.6) is 0 Å². The van der Waals surface area contributed by atoms with Gasteiger partial charge in [0.15, 0.2) is 0 Å². The van der Waals surface area contributed by atoms with E-state index >= 15 is 0 Å². The zero-order valence-electron chi connectivity index (χ0n) is 13.2. The number of anilines is 1. The fraction of sp³-hybridized carbons (Fsp3) is 0.467. The van der Waals surface area contributed by atoms with Crippen molar-refractivity contribution in [2.75, 3.05) is 32.5 Å². The van der Waals surface area contributed by atoms with Crippen molar-refractivity contribution in [3.8, 4) is 0 Å². The first-order valence-electron chi connectivity index (χ1n) is 7.40. The van der Waals surface area contributed by atoms with Crippen LogP contribution in [0.15, 0.2) is 24.3 Å². The number of hydrogen-bond donors (Lipinski definition) is 1. The maximum absolute atomic E-state index is 12.2. The molecule has 0 aliphatic carbocycles. The number of nitrogens with one attached hydrogen (secondary N) is 1. The summed E-state index contributed by atoms with van der Waals surface area (Å²) in [6, 6.07) is 5.43. The number of carbonyl (C=O) groups is 2. The summed E-state index contributed by atoms with van der Waals surface area (Å²) in [4.78, 5) is 37.4. The van der Waals surface area contributed by atoms with Crippen LogP contribution >= 0.6 is 0 Å². The van der Waals surface area contributed by atoms with Crippen LogP contribution in [-0.4, -0.2) is 53.8 Å². The van der Waals surface area contributed by atoms with Crippen molar-refractivity contribution in [1.29, 1.82) is 0 Å². The molecule has 8 heteroatoms. The standard InChI is InChI=1S/C15H20N4O4/c1-17(2)14(20)11-7-9-18(10-8-11)15(21)16-12-3-5-13(6-4-12)19(22)23/h3-6,11H,7-10H2,1-2H3,(H,16,21). The van der Waals surface area contributed by atoms with Crippen molar-refractivity contribution in [3.63, 3.8) is 0 Å². The lowest BCUT2D eigenvalue weighted by atomic mass is 9.96. The van der Waals surface area contributed by atoms with Gasteiger partial charge in [0.25, 0.3) is 5.69 Å². The first kappa shape index (κ1) is 16.7. The highest BCUT2D eigenvalue weighted by molar-refractivity contribution is 5.89. The van der Waals surface area contributed by atoms with Crippen LogP contribution in [0.2, 0.25) is 0 Å². The van der Waals surface area contributed by atoms with Crippen molar-refractivity contribution < 1.29 is 14.5 Å². The predicted molar refractivity (Wildman–Crippen MR) is 85.1 cm³/mol. The monoisotopic (exact) mass is 320 g/mol. The predicted octanol–water partition coefficient (Wildman–Crippen LogP) is 1.93. The van der Waals surface area contributed by atoms with Crippen LogP contribution in [0.3, 0.4) is 0 Å². The van der Waals surface area contributed by atoms with Gasteiger partial charge in [-0.15, -0.1) is 0 Å². The summed E-state index contributed by atoms with van der Waals surface area (Å²) in [6.07, 6.45) is 1.29. The van der Waals surface area contributed by atoms with Crippen LogP contribution in [0.4, 0.5) is 16.2 Å². The zero-order chi connectivity index (χ0) is 17.0. The molecule has 1 aliphatic rings. The fourth-order valence-electron chi connectivity index (χ4n) is 2.56. The second-order valence-electron chi connectivity index (χ2n) is 5.73. The number of hydrogen-bond acceptors (Lipinski definition) is 4. The van der Waals surface area contributed by atoms with E-state index in [-0.39, 0.29) is 23.5 Å². The minimum atomic E-state index is -0.488. The number of nitrogens with zero attached hydrogens (tertiary/aromatic N) is 3. The van der Waals surface area contributed by atoms with E-state index < -0.39 is 4.92 Å². The van der Waals surface area contributed by atoms with E-state index in [1.54, 1.807) is 23.9 Å². The van der Waals surface area contributed by atoms with Crippen LogP contribution in [-0.2, 0) is 4.79 Å². The normalized spacial score (nSPS) is 15.1. The van der Waals surface area contributed by atoms with Gasteiger partial charge < -0.3 is 15.1 Å². The van der Waals surface area contributed by atoms with Crippen molar-refractivity contribution in [1.82, 2.24) is 9.80 Å². The SMILES string of the molecule is CN(C)C(=O)C1CCN(C(=O)Nc2ccc([N+](=O)[O-])cc2)CC1. The van der Waals surface area contributed by atoms with Crippen LogP contribution in [0.25, 0.3) is 0 Å². The van der Waals surface area contributed by atoms with Gasteiger partial charge in [0.05, 0.1) is 4.92 Å². The second kappa shape index (κ2) is 7.08. The molecule has 0 atom stereocenters. The summed E-state index contributed by atoms with van der Waals surface area (Å²) < 4.78 is 0. The molecule has 0 bridgehead atoms. The van der Waals surface area contributed by atoms with E-state index in [1.165, 1.54) is 24.3 Å². The summed E-state index contributed by atoms with van der Waals surface area (Å²) >= 11 is 0. The highest BCUT2D eigenvalue weighted by Gasteiger charge is 2.28. The molecule has 23 heavy (non-hydrogen) atoms. The number of amides is 3. The molecule has 1 N–H and O–H groups in total. The summed E-state index contributed by atoms with van der Waals surface area (Å²) in [5.41, 5.74) is 0.484. The Morgan fingerprint density at radius 3 is 2.26 bits per heavy atom. The summed E-state index contributed by atoms with van der Waals surface area (Å²) in [6.45, 7) is 1.03. The number of non-ortho nitro benzene ring substituents is 1. The number of nitro groups is 1. The van der Waals surface area contributed by atoms with Gasteiger partial charge in [0.2, 0.25) is 5.91 Å². The molecule has 0 saturated carbocycles. The second-order valence-corrected chi connectivity index (χ2v) is 5.73. The van der Waals surface area contributed by atoms with Crippen LogP contribution in [0.1, 0.15) is 12.8 Å². The molecule has 3 amide bonds. The Hall–Kier alpha value is -2.64. The maximum Gasteiger partial charge on any atom is 0.321 e. The van der Waals surface area contributed by atoms with Gasteiger partial charge in [-0.05, 0) is 25.0 Å². The van der Waals surface area contributed by atoms with Gasteiger partial charge in [0.1, 0.15) is 0 Å². The van der Waals surface area contributed by atoms with E-state index in [0.29, 0.717) is 31.6 Å². The third kappa shape index (κ3) is 4.18. The lowest BCUT2D eigenvalue weighted by molar-refractivity contribution is -0.384. The molecule has 1 fully saturated rings. The molecule has 8 nitrogen and oxygen atoms in total. The number of carbonyl (C=O) groups excluding carboxylic acids is 2. The summed E-state index contributed by atoms with van der Waals surface area (Å²) in [5.74, 6) is 0.0638. The third-order valence-electron chi connectivity index (χ3n) is 3.90. The van der Waals surface area contributed by atoms with E-state index in [1.807, 2.05) is 0 Å². The molecule has 0 radical (unpaired) electrons. The molecule has 0 spiro atoms. The van der Waals surface area contributed by atoms with Gasteiger partial charge >= 0.3 is 6.03 Å². The summed E-state index contributed by atoms with van der Waals surface area (Å²) in [5, 5.41) is 13.3. The molecule has 1 aromatic rings. The Morgan fingerprint density at radius 1 is 1.22 bits per heavy atom. The zero-order valence-corrected chi connectivity index (χ0v) is 13.2. The van der Waals surface area contributed by atoms with Gasteiger partial charge in [-0.2, -0.15) is 0 Å². The van der Waals surface area contributed by atoms with Crippen molar-refractivity contribution in [3.05, 3.63) is 34.4 Å². The van der Waals surface area contributed by atoms with Crippen molar-refractivity contribution >= 4 is 23.3 Å².